The van der Waals surface area contributed by atoms with Gasteiger partial charge in [-0.1, -0.05) is 59.7 Å². The number of carbonyl (C=O) groups excluding carboxylic acids is 2. The number of nitrogens with zero attached hydrogens (tertiary/aromatic N) is 2. The highest BCUT2D eigenvalue weighted by molar-refractivity contribution is 5.90. The zero-order valence-corrected chi connectivity index (χ0v) is 21.2. The fourth-order valence-electron chi connectivity index (χ4n) is 4.80. The van der Waals surface area contributed by atoms with Crippen molar-refractivity contribution < 1.29 is 41.0 Å². The number of hydrogen-bond donors (Lipinski definition) is 2. The maximum atomic E-state index is 13.6. The number of nitrogens with one attached hydrogen (secondary N) is 1. The van der Waals surface area contributed by atoms with Gasteiger partial charge >= 0.3 is 5.97 Å². The summed E-state index contributed by atoms with van der Waals surface area (Å²) in [6.07, 6.45) is 3.05. The van der Waals surface area contributed by atoms with Gasteiger partial charge in [0.1, 0.15) is 0 Å². The molecule has 1 saturated heterocycles. The third-order valence-corrected chi connectivity index (χ3v) is 6.50. The Hall–Kier alpha value is -3.70. The van der Waals surface area contributed by atoms with Gasteiger partial charge in [0.25, 0.3) is 5.91 Å². The Bertz CT molecular complexity index is 1270. The van der Waals surface area contributed by atoms with Crippen LogP contribution in [0.25, 0.3) is 0 Å². The number of aromatic nitrogens is 1. The van der Waals surface area contributed by atoms with E-state index < -0.39 is 29.4 Å². The molecule has 0 bridgehead atoms. The van der Waals surface area contributed by atoms with E-state index in [2.05, 4.69) is 11.4 Å². The van der Waals surface area contributed by atoms with Gasteiger partial charge in [0, 0.05) is 6.07 Å². The molecule has 0 aliphatic carbocycles. The third-order valence-electron chi connectivity index (χ3n) is 6.50. The normalized spacial score (nSPS) is 23.4. The lowest BCUT2D eigenvalue weighted by Gasteiger charge is -2.44. The molecule has 1 aliphatic heterocycles. The summed E-state index contributed by atoms with van der Waals surface area (Å²) >= 11 is 0. The molecular formula is C27H26BrN3O4. The number of hydrogen-bond acceptors (Lipinski definition) is 5. The predicted molar refractivity (Wildman–Crippen MR) is 123 cm³/mol. The summed E-state index contributed by atoms with van der Waals surface area (Å²) in [5.74, 6) is -2.06. The first-order valence-electron chi connectivity index (χ1n) is 10.9. The molecule has 8 heteroatoms. The molecule has 7 nitrogen and oxygen atoms in total. The van der Waals surface area contributed by atoms with Crippen LogP contribution in [0.5, 0.6) is 5.75 Å². The van der Waals surface area contributed by atoms with Crippen molar-refractivity contribution in [3.8, 4) is 11.8 Å². The van der Waals surface area contributed by atoms with Gasteiger partial charge in [0.15, 0.2) is 17.4 Å². The average molecular weight is 536 g/mol. The van der Waals surface area contributed by atoms with Crippen LogP contribution in [0.3, 0.4) is 0 Å². The number of aromatic hydroxyl groups is 1. The van der Waals surface area contributed by atoms with Gasteiger partial charge in [-0.3, -0.25) is 9.59 Å². The summed E-state index contributed by atoms with van der Waals surface area (Å²) in [6.45, 7) is 3.87. The van der Waals surface area contributed by atoms with Crippen molar-refractivity contribution in [2.24, 2.45) is 5.41 Å². The van der Waals surface area contributed by atoms with Gasteiger partial charge in [-0.05, 0) is 31.0 Å². The minimum Gasteiger partial charge on any atom is -1.00 e. The standard InChI is InChI=1S/C27H25N3O4.BrH/c1-17-6-10-19(11-7-17)22-23(30-14-4-5-21(31)15-30)25(32)29-24(20-12-8-18(2)9-13-20)27(22,16-28)26(33)34-3;/h4-15,22-24H,1-3H3,(H-,29,31,32);1H. The van der Waals surface area contributed by atoms with Crippen molar-refractivity contribution in [3.63, 3.8) is 0 Å². The Kier molecular flexibility index (Phi) is 7.61. The summed E-state index contributed by atoms with van der Waals surface area (Å²) in [7, 11) is 1.24. The van der Waals surface area contributed by atoms with E-state index in [1.54, 1.807) is 12.3 Å². The quantitative estimate of drug-likeness (QED) is 0.366. The maximum absolute atomic E-state index is 13.6. The fourth-order valence-corrected chi connectivity index (χ4v) is 4.80. The minimum atomic E-state index is -1.78. The largest absolute Gasteiger partial charge is 1.00 e. The molecule has 3 aromatic rings. The van der Waals surface area contributed by atoms with Crippen LogP contribution in [0.2, 0.25) is 0 Å². The number of benzene rings is 2. The molecule has 0 saturated carbocycles. The molecule has 4 unspecified atom stereocenters. The van der Waals surface area contributed by atoms with E-state index in [4.69, 9.17) is 4.74 Å². The Labute approximate surface area is 214 Å². The van der Waals surface area contributed by atoms with Gasteiger partial charge in [-0.25, -0.2) is 0 Å². The number of rotatable bonds is 4. The van der Waals surface area contributed by atoms with Crippen molar-refractivity contribution in [1.29, 1.82) is 5.26 Å². The molecule has 1 aliphatic rings. The number of ether oxygens (including phenoxy) is 1. The lowest BCUT2D eigenvalue weighted by Crippen LogP contribution is -3.00. The number of amides is 1. The van der Waals surface area contributed by atoms with Crippen LogP contribution < -0.4 is 26.9 Å². The van der Waals surface area contributed by atoms with Gasteiger partial charge in [0.05, 0.1) is 25.1 Å². The Morgan fingerprint density at radius 1 is 1.06 bits per heavy atom. The van der Waals surface area contributed by atoms with Gasteiger partial charge in [-0.2, -0.15) is 9.83 Å². The summed E-state index contributed by atoms with van der Waals surface area (Å²) < 4.78 is 6.74. The summed E-state index contributed by atoms with van der Waals surface area (Å²) in [6, 6.07) is 18.2. The Morgan fingerprint density at radius 2 is 1.63 bits per heavy atom. The molecular weight excluding hydrogens is 510 g/mol. The molecule has 1 amide bonds. The van der Waals surface area contributed by atoms with Gasteiger partial charge in [0.2, 0.25) is 12.2 Å². The number of nitriles is 1. The number of pyridine rings is 1. The fraction of sp³-hybridized carbons (Fsp3) is 0.259. The second-order valence-corrected chi connectivity index (χ2v) is 8.67. The third kappa shape index (κ3) is 4.52. The van der Waals surface area contributed by atoms with E-state index in [0.29, 0.717) is 11.1 Å². The monoisotopic (exact) mass is 535 g/mol. The predicted octanol–water partition coefficient (Wildman–Crippen LogP) is 0.180. The average Bonchev–Trinajstić information content (AvgIpc) is 2.84. The van der Waals surface area contributed by atoms with Crippen LogP contribution in [0.15, 0.2) is 73.1 Å². The molecule has 4 atom stereocenters. The van der Waals surface area contributed by atoms with Crippen molar-refractivity contribution in [1.82, 2.24) is 5.32 Å². The van der Waals surface area contributed by atoms with Crippen LogP contribution in [-0.4, -0.2) is 24.1 Å². The first kappa shape index (κ1) is 25.9. The topological polar surface area (TPSA) is 103 Å². The number of aryl methyl sites for hydroxylation is 2. The van der Waals surface area contributed by atoms with Crippen molar-refractivity contribution in [3.05, 3.63) is 95.3 Å². The summed E-state index contributed by atoms with van der Waals surface area (Å²) in [5.41, 5.74) is 1.50. The zero-order chi connectivity index (χ0) is 24.5. The summed E-state index contributed by atoms with van der Waals surface area (Å²) in [5, 5.41) is 23.7. The van der Waals surface area contributed by atoms with E-state index in [9.17, 15) is 20.0 Å². The van der Waals surface area contributed by atoms with Crippen molar-refractivity contribution >= 4 is 11.9 Å². The van der Waals surface area contributed by atoms with E-state index in [1.807, 2.05) is 62.4 Å². The molecule has 0 radical (unpaired) electrons. The smallest absolute Gasteiger partial charge is 0.329 e. The number of piperidine rings is 1. The minimum absolute atomic E-state index is 0. The van der Waals surface area contributed by atoms with Gasteiger partial charge < -0.3 is 32.1 Å². The maximum Gasteiger partial charge on any atom is 0.329 e. The number of halogens is 1. The van der Waals surface area contributed by atoms with E-state index in [-0.39, 0.29) is 28.6 Å². The highest BCUT2D eigenvalue weighted by Crippen LogP contribution is 2.53. The van der Waals surface area contributed by atoms with Gasteiger partial charge in [-0.15, -0.1) is 0 Å². The van der Waals surface area contributed by atoms with Crippen molar-refractivity contribution in [2.45, 2.75) is 31.8 Å². The second-order valence-electron chi connectivity index (χ2n) is 8.67. The molecule has 180 valence electrons. The van der Waals surface area contributed by atoms with Crippen LogP contribution in [0.4, 0.5) is 0 Å². The van der Waals surface area contributed by atoms with E-state index >= 15 is 0 Å². The van der Waals surface area contributed by atoms with Crippen LogP contribution in [0.1, 0.15) is 40.3 Å². The molecule has 4 rings (SSSR count). The number of esters is 1. The molecule has 1 fully saturated rings. The Morgan fingerprint density at radius 3 is 2.14 bits per heavy atom. The highest BCUT2D eigenvalue weighted by atomic mass is 79.9. The zero-order valence-electron chi connectivity index (χ0n) is 19.6. The lowest BCUT2D eigenvalue weighted by molar-refractivity contribution is -0.715. The SMILES string of the molecule is COC(=O)C1(C#N)C(c2ccc(C)cc2)NC(=O)C([n+]2cccc(O)c2)C1c1ccc(C)cc1.[Br-]. The molecule has 2 N–H and O–H groups in total. The molecule has 35 heavy (non-hydrogen) atoms. The first-order valence-corrected chi connectivity index (χ1v) is 10.9. The molecule has 2 aromatic carbocycles. The molecule has 1 aromatic heterocycles. The Balaban J connectivity index is 0.00000342. The molecule has 2 heterocycles. The first-order chi connectivity index (χ1) is 16.3. The molecule has 0 spiro atoms. The highest BCUT2D eigenvalue weighted by Gasteiger charge is 2.65. The summed E-state index contributed by atoms with van der Waals surface area (Å²) in [4.78, 5) is 27.2. The van der Waals surface area contributed by atoms with Crippen molar-refractivity contribution in [2.75, 3.05) is 7.11 Å². The van der Waals surface area contributed by atoms with E-state index in [1.165, 1.54) is 23.9 Å². The van der Waals surface area contributed by atoms with Crippen LogP contribution in [-0.2, 0) is 14.3 Å². The van der Waals surface area contributed by atoms with E-state index in [0.717, 1.165) is 11.1 Å². The van der Waals surface area contributed by atoms with Crippen LogP contribution >= 0.6 is 0 Å². The second kappa shape index (κ2) is 10.3. The number of methoxy groups -OCH3 is 1. The number of carbonyl (C=O) groups is 2. The lowest BCUT2D eigenvalue weighted by atomic mass is 9.61. The van der Waals surface area contributed by atoms with Crippen LogP contribution in [0, 0.1) is 30.6 Å².